The average Bonchev–Trinajstić information content (AvgIpc) is 2.53. The van der Waals surface area contributed by atoms with Crippen molar-refractivity contribution < 1.29 is 14.4 Å². The molecular formula is C16H15ClN2O3. The summed E-state index contributed by atoms with van der Waals surface area (Å²) >= 11 is 5.92. The van der Waals surface area contributed by atoms with Gasteiger partial charge in [0.1, 0.15) is 5.75 Å². The maximum Gasteiger partial charge on any atom is 0.365 e. The van der Waals surface area contributed by atoms with Crippen LogP contribution in [0.15, 0.2) is 47.6 Å². The van der Waals surface area contributed by atoms with Crippen molar-refractivity contribution in [3.8, 4) is 5.75 Å². The first kappa shape index (κ1) is 15.9. The zero-order valence-electron chi connectivity index (χ0n) is 12.2. The molecule has 0 aromatic heterocycles. The Morgan fingerprint density at radius 3 is 2.50 bits per heavy atom. The fraction of sp³-hybridized carbons (Fsp3) is 0.125. The molecule has 2 rings (SSSR count). The molecule has 0 saturated carbocycles. The van der Waals surface area contributed by atoms with E-state index in [1.807, 2.05) is 19.1 Å². The lowest BCUT2D eigenvalue weighted by atomic mass is 10.2. The second kappa shape index (κ2) is 6.95. The third-order valence-electron chi connectivity index (χ3n) is 2.95. The summed E-state index contributed by atoms with van der Waals surface area (Å²) < 4.78 is 5.17. The molecule has 0 bridgehead atoms. The van der Waals surface area contributed by atoms with Crippen LogP contribution >= 0.6 is 11.6 Å². The Hall–Kier alpha value is -2.53. The Labute approximate surface area is 133 Å². The molecule has 0 atom stereocenters. The van der Waals surface area contributed by atoms with Gasteiger partial charge >= 0.3 is 5.97 Å². The molecule has 0 radical (unpaired) electrons. The summed E-state index contributed by atoms with van der Waals surface area (Å²) in [6.45, 7) is 1.93. The predicted octanol–water partition coefficient (Wildman–Crippen LogP) is 3.13. The van der Waals surface area contributed by atoms with Crippen LogP contribution < -0.4 is 10.5 Å². The SMILES string of the molecule is COc1ccc(Cl)cc1/C(N)=N/OC(=O)c1ccc(C)cc1. The fourth-order valence-electron chi connectivity index (χ4n) is 1.76. The van der Waals surface area contributed by atoms with Crippen LogP contribution in [0.1, 0.15) is 21.5 Å². The van der Waals surface area contributed by atoms with E-state index in [2.05, 4.69) is 5.16 Å². The van der Waals surface area contributed by atoms with Gasteiger partial charge in [-0.25, -0.2) is 4.79 Å². The highest BCUT2D eigenvalue weighted by Gasteiger charge is 2.11. The zero-order chi connectivity index (χ0) is 16.1. The van der Waals surface area contributed by atoms with Crippen molar-refractivity contribution in [3.63, 3.8) is 0 Å². The summed E-state index contributed by atoms with van der Waals surface area (Å²) in [6.07, 6.45) is 0. The number of benzene rings is 2. The summed E-state index contributed by atoms with van der Waals surface area (Å²) in [7, 11) is 1.50. The lowest BCUT2D eigenvalue weighted by Gasteiger charge is -2.07. The van der Waals surface area contributed by atoms with Gasteiger partial charge in [-0.2, -0.15) is 0 Å². The largest absolute Gasteiger partial charge is 0.496 e. The number of hydrogen-bond donors (Lipinski definition) is 1. The maximum absolute atomic E-state index is 11.9. The highest BCUT2D eigenvalue weighted by molar-refractivity contribution is 6.31. The number of aryl methyl sites for hydroxylation is 1. The van der Waals surface area contributed by atoms with Gasteiger partial charge in [0.25, 0.3) is 0 Å². The molecule has 2 aromatic carbocycles. The van der Waals surface area contributed by atoms with Crippen LogP contribution in [-0.2, 0) is 4.84 Å². The second-order valence-corrected chi connectivity index (χ2v) is 5.00. The van der Waals surface area contributed by atoms with Gasteiger partial charge in [-0.1, -0.05) is 34.5 Å². The third kappa shape index (κ3) is 3.77. The minimum Gasteiger partial charge on any atom is -0.496 e. The molecule has 114 valence electrons. The molecule has 0 unspecified atom stereocenters. The Balaban J connectivity index is 2.17. The first-order valence-electron chi connectivity index (χ1n) is 6.46. The van der Waals surface area contributed by atoms with Crippen molar-refractivity contribution in [1.82, 2.24) is 0 Å². The van der Waals surface area contributed by atoms with Gasteiger partial charge in [0.15, 0.2) is 5.84 Å². The highest BCUT2D eigenvalue weighted by Crippen LogP contribution is 2.22. The minimum absolute atomic E-state index is 0.000174. The van der Waals surface area contributed by atoms with Crippen LogP contribution in [0.5, 0.6) is 5.75 Å². The van der Waals surface area contributed by atoms with Crippen LogP contribution in [-0.4, -0.2) is 18.9 Å². The van der Waals surface area contributed by atoms with Crippen molar-refractivity contribution in [1.29, 1.82) is 0 Å². The van der Waals surface area contributed by atoms with Crippen LogP contribution in [0.4, 0.5) is 0 Å². The van der Waals surface area contributed by atoms with Crippen LogP contribution in [0.25, 0.3) is 0 Å². The molecule has 0 aliphatic heterocycles. The maximum atomic E-state index is 11.9. The first-order chi connectivity index (χ1) is 10.5. The van der Waals surface area contributed by atoms with Gasteiger partial charge in [-0.3, -0.25) is 0 Å². The average molecular weight is 319 g/mol. The Bertz CT molecular complexity index is 712. The van der Waals surface area contributed by atoms with Gasteiger partial charge in [-0.05, 0) is 37.3 Å². The van der Waals surface area contributed by atoms with Gasteiger partial charge in [-0.15, -0.1) is 0 Å². The summed E-state index contributed by atoms with van der Waals surface area (Å²) in [4.78, 5) is 16.7. The molecule has 0 saturated heterocycles. The number of nitrogens with two attached hydrogens (primary N) is 1. The zero-order valence-corrected chi connectivity index (χ0v) is 12.9. The summed E-state index contributed by atoms with van der Waals surface area (Å²) in [5, 5.41) is 4.12. The number of hydrogen-bond acceptors (Lipinski definition) is 4. The minimum atomic E-state index is -0.594. The second-order valence-electron chi connectivity index (χ2n) is 4.57. The molecule has 0 amide bonds. The van der Waals surface area contributed by atoms with E-state index in [0.29, 0.717) is 21.9 Å². The van der Waals surface area contributed by atoms with E-state index >= 15 is 0 Å². The lowest BCUT2D eigenvalue weighted by Crippen LogP contribution is -2.16. The fourth-order valence-corrected chi connectivity index (χ4v) is 1.93. The number of rotatable bonds is 4. The molecule has 0 heterocycles. The van der Waals surface area contributed by atoms with Crippen molar-refractivity contribution in [3.05, 3.63) is 64.2 Å². The number of carbonyl (C=O) groups excluding carboxylic acids is 1. The Kier molecular flexibility index (Phi) is 5.01. The number of carbonyl (C=O) groups is 1. The van der Waals surface area contributed by atoms with Gasteiger partial charge in [0.2, 0.25) is 0 Å². The number of methoxy groups -OCH3 is 1. The highest BCUT2D eigenvalue weighted by atomic mass is 35.5. The smallest absolute Gasteiger partial charge is 0.365 e. The van der Waals surface area contributed by atoms with Crippen molar-refractivity contribution in [2.24, 2.45) is 10.9 Å². The molecule has 2 aromatic rings. The normalized spacial score (nSPS) is 11.1. The van der Waals surface area contributed by atoms with Gasteiger partial charge < -0.3 is 15.3 Å². The molecule has 0 fully saturated rings. The summed E-state index contributed by atoms with van der Waals surface area (Å²) in [5.74, 6) is -0.110. The Morgan fingerprint density at radius 1 is 1.18 bits per heavy atom. The number of oxime groups is 1. The third-order valence-corrected chi connectivity index (χ3v) is 3.19. The van der Waals surface area contributed by atoms with E-state index in [-0.39, 0.29) is 5.84 Å². The number of amidine groups is 1. The number of halogens is 1. The van der Waals surface area contributed by atoms with E-state index in [1.54, 1.807) is 30.3 Å². The summed E-state index contributed by atoms with van der Waals surface area (Å²) in [5.41, 5.74) is 7.71. The van der Waals surface area contributed by atoms with E-state index in [4.69, 9.17) is 26.9 Å². The molecule has 0 aliphatic carbocycles. The van der Waals surface area contributed by atoms with Gasteiger partial charge in [0, 0.05) is 5.02 Å². The van der Waals surface area contributed by atoms with Crippen molar-refractivity contribution >= 4 is 23.4 Å². The topological polar surface area (TPSA) is 73.9 Å². The van der Waals surface area contributed by atoms with Crippen LogP contribution in [0, 0.1) is 6.92 Å². The molecule has 0 aliphatic rings. The van der Waals surface area contributed by atoms with Gasteiger partial charge in [0.05, 0.1) is 18.2 Å². The van der Waals surface area contributed by atoms with E-state index < -0.39 is 5.97 Å². The monoisotopic (exact) mass is 318 g/mol. The Morgan fingerprint density at radius 2 is 1.86 bits per heavy atom. The molecule has 2 N–H and O–H groups in total. The van der Waals surface area contributed by atoms with Crippen LogP contribution in [0.3, 0.4) is 0 Å². The quantitative estimate of drug-likeness (QED) is 0.407. The van der Waals surface area contributed by atoms with E-state index in [9.17, 15) is 4.79 Å². The number of ether oxygens (including phenoxy) is 1. The molecule has 0 spiro atoms. The van der Waals surface area contributed by atoms with E-state index in [0.717, 1.165) is 5.56 Å². The molecule has 6 heteroatoms. The number of nitrogens with zero attached hydrogens (tertiary/aromatic N) is 1. The van der Waals surface area contributed by atoms with Crippen LogP contribution in [0.2, 0.25) is 5.02 Å². The predicted molar refractivity (Wildman–Crippen MR) is 85.3 cm³/mol. The first-order valence-corrected chi connectivity index (χ1v) is 6.84. The van der Waals surface area contributed by atoms with Crippen molar-refractivity contribution in [2.75, 3.05) is 7.11 Å². The summed E-state index contributed by atoms with van der Waals surface area (Å²) in [6, 6.07) is 11.8. The molecule has 22 heavy (non-hydrogen) atoms. The lowest BCUT2D eigenvalue weighted by molar-refractivity contribution is 0.0516. The standard InChI is InChI=1S/C16H15ClN2O3/c1-10-3-5-11(6-4-10)16(20)22-19-15(18)13-9-12(17)7-8-14(13)21-2/h3-9H,1-2H3,(H2,18,19). The molecule has 5 nitrogen and oxygen atoms in total. The van der Waals surface area contributed by atoms with E-state index in [1.165, 1.54) is 7.11 Å². The molecular weight excluding hydrogens is 304 g/mol. The van der Waals surface area contributed by atoms with Crippen molar-refractivity contribution in [2.45, 2.75) is 6.92 Å².